The molecule has 1 heterocycles. The monoisotopic (exact) mass is 236 g/mol. The van der Waals surface area contributed by atoms with E-state index >= 15 is 0 Å². The molecule has 0 bridgehead atoms. The SMILES string of the molecule is CC(=O)Cc1ccc2scnc2c1[N+](=O)[O-]. The van der Waals surface area contributed by atoms with Crippen LogP contribution in [0.15, 0.2) is 17.6 Å². The number of nitrogens with zero attached hydrogens (tertiary/aromatic N) is 2. The van der Waals surface area contributed by atoms with Crippen LogP contribution in [-0.2, 0) is 11.2 Å². The summed E-state index contributed by atoms with van der Waals surface area (Å²) in [6, 6.07) is 3.39. The van der Waals surface area contributed by atoms with Crippen molar-refractivity contribution in [2.24, 2.45) is 0 Å². The number of aromatic nitrogens is 1. The van der Waals surface area contributed by atoms with Gasteiger partial charge in [-0.15, -0.1) is 11.3 Å². The molecular formula is C10H8N2O3S. The lowest BCUT2D eigenvalue weighted by Crippen LogP contribution is -2.01. The van der Waals surface area contributed by atoms with Crippen LogP contribution in [-0.4, -0.2) is 15.7 Å². The first-order chi connectivity index (χ1) is 7.59. The largest absolute Gasteiger partial charge is 0.300 e. The Labute approximate surface area is 94.9 Å². The molecule has 0 N–H and O–H groups in total. The van der Waals surface area contributed by atoms with E-state index < -0.39 is 4.92 Å². The Bertz CT molecular complexity index is 576. The molecule has 1 aromatic carbocycles. The van der Waals surface area contributed by atoms with Crippen molar-refractivity contribution in [1.29, 1.82) is 0 Å². The summed E-state index contributed by atoms with van der Waals surface area (Å²) in [7, 11) is 0. The Morgan fingerprint density at radius 2 is 2.31 bits per heavy atom. The third kappa shape index (κ3) is 1.79. The van der Waals surface area contributed by atoms with Crippen molar-refractivity contribution in [3.63, 3.8) is 0 Å². The first-order valence-corrected chi connectivity index (χ1v) is 5.46. The third-order valence-corrected chi connectivity index (χ3v) is 2.98. The van der Waals surface area contributed by atoms with Crippen LogP contribution in [0.4, 0.5) is 5.69 Å². The molecule has 0 saturated heterocycles. The van der Waals surface area contributed by atoms with E-state index in [-0.39, 0.29) is 17.9 Å². The quantitative estimate of drug-likeness (QED) is 0.605. The van der Waals surface area contributed by atoms with Gasteiger partial charge in [0.25, 0.3) is 5.69 Å². The van der Waals surface area contributed by atoms with Crippen LogP contribution in [0.1, 0.15) is 12.5 Å². The summed E-state index contributed by atoms with van der Waals surface area (Å²) < 4.78 is 0.763. The van der Waals surface area contributed by atoms with E-state index in [1.54, 1.807) is 17.6 Å². The number of Topliss-reactive ketones (excluding diaryl/α,β-unsaturated/α-hetero) is 1. The molecule has 0 atom stereocenters. The van der Waals surface area contributed by atoms with Crippen LogP contribution in [0.25, 0.3) is 10.2 Å². The number of ketones is 1. The molecule has 6 heteroatoms. The molecule has 16 heavy (non-hydrogen) atoms. The summed E-state index contributed by atoms with van der Waals surface area (Å²) in [5, 5.41) is 11.0. The van der Waals surface area contributed by atoms with Crippen LogP contribution in [0, 0.1) is 10.1 Å². The topological polar surface area (TPSA) is 73.1 Å². The Morgan fingerprint density at radius 3 is 2.94 bits per heavy atom. The number of nitro benzene ring substituents is 1. The molecule has 0 aliphatic rings. The molecule has 1 aromatic heterocycles. The van der Waals surface area contributed by atoms with Crippen molar-refractivity contribution in [1.82, 2.24) is 4.98 Å². The fraction of sp³-hybridized carbons (Fsp3) is 0.200. The van der Waals surface area contributed by atoms with Gasteiger partial charge in [-0.1, -0.05) is 6.07 Å². The highest BCUT2D eigenvalue weighted by Gasteiger charge is 2.20. The van der Waals surface area contributed by atoms with Crippen LogP contribution < -0.4 is 0 Å². The van der Waals surface area contributed by atoms with E-state index in [0.29, 0.717) is 11.1 Å². The fourth-order valence-electron chi connectivity index (χ4n) is 1.57. The zero-order chi connectivity index (χ0) is 11.7. The van der Waals surface area contributed by atoms with Crippen LogP contribution in [0.2, 0.25) is 0 Å². The summed E-state index contributed by atoms with van der Waals surface area (Å²) in [6.07, 6.45) is 0.0732. The van der Waals surface area contributed by atoms with Gasteiger partial charge in [0.1, 0.15) is 5.78 Å². The first-order valence-electron chi connectivity index (χ1n) is 4.58. The molecule has 0 saturated carbocycles. The molecule has 82 valence electrons. The number of hydrogen-bond donors (Lipinski definition) is 0. The van der Waals surface area contributed by atoms with Gasteiger partial charge in [-0.05, 0) is 13.0 Å². The number of fused-ring (bicyclic) bond motifs is 1. The van der Waals surface area contributed by atoms with E-state index in [4.69, 9.17) is 0 Å². The predicted molar refractivity (Wildman–Crippen MR) is 60.7 cm³/mol. The van der Waals surface area contributed by atoms with Crippen LogP contribution in [0.5, 0.6) is 0 Å². The number of thiazole rings is 1. The van der Waals surface area contributed by atoms with Gasteiger partial charge in [0.05, 0.1) is 15.1 Å². The van der Waals surface area contributed by atoms with Crippen molar-refractivity contribution in [3.05, 3.63) is 33.3 Å². The van der Waals surface area contributed by atoms with Gasteiger partial charge in [0.15, 0.2) is 5.52 Å². The second-order valence-corrected chi connectivity index (χ2v) is 4.29. The maximum atomic E-state index is 11.0. The molecule has 0 unspecified atom stereocenters. The number of nitro groups is 1. The third-order valence-electron chi connectivity index (χ3n) is 2.18. The number of carbonyl (C=O) groups is 1. The second-order valence-electron chi connectivity index (χ2n) is 3.41. The van der Waals surface area contributed by atoms with E-state index in [1.165, 1.54) is 18.3 Å². The van der Waals surface area contributed by atoms with Crippen molar-refractivity contribution in [3.8, 4) is 0 Å². The number of hydrogen-bond acceptors (Lipinski definition) is 5. The van der Waals surface area contributed by atoms with Gasteiger partial charge in [0.2, 0.25) is 0 Å². The summed E-state index contributed by atoms with van der Waals surface area (Å²) >= 11 is 1.35. The molecule has 0 aliphatic carbocycles. The molecule has 0 fully saturated rings. The average molecular weight is 236 g/mol. The van der Waals surface area contributed by atoms with Gasteiger partial charge in [0, 0.05) is 12.0 Å². The Morgan fingerprint density at radius 1 is 1.56 bits per heavy atom. The van der Waals surface area contributed by atoms with Gasteiger partial charge in [-0.2, -0.15) is 0 Å². The van der Waals surface area contributed by atoms with Crippen molar-refractivity contribution >= 4 is 33.0 Å². The molecule has 5 nitrogen and oxygen atoms in total. The Kier molecular flexibility index (Phi) is 2.66. The Hall–Kier alpha value is -1.82. The Balaban J connectivity index is 2.68. The maximum absolute atomic E-state index is 11.0. The smallest absolute Gasteiger partial charge is 0.299 e. The minimum absolute atomic E-state index is 0.0473. The zero-order valence-corrected chi connectivity index (χ0v) is 9.28. The van der Waals surface area contributed by atoms with Crippen LogP contribution >= 0.6 is 11.3 Å². The average Bonchev–Trinajstić information content (AvgIpc) is 2.63. The molecule has 0 amide bonds. The van der Waals surface area contributed by atoms with Crippen molar-refractivity contribution in [2.75, 3.05) is 0 Å². The van der Waals surface area contributed by atoms with Gasteiger partial charge >= 0.3 is 0 Å². The fourth-order valence-corrected chi connectivity index (χ4v) is 2.25. The maximum Gasteiger partial charge on any atom is 0.299 e. The predicted octanol–water partition coefficient (Wildman–Crippen LogP) is 2.34. The zero-order valence-electron chi connectivity index (χ0n) is 8.47. The summed E-state index contributed by atoms with van der Waals surface area (Å²) in [5.41, 5.74) is 2.31. The summed E-state index contributed by atoms with van der Waals surface area (Å²) in [6.45, 7) is 1.41. The summed E-state index contributed by atoms with van der Waals surface area (Å²) in [5.74, 6) is -0.0994. The van der Waals surface area contributed by atoms with Gasteiger partial charge < -0.3 is 0 Å². The van der Waals surface area contributed by atoms with Gasteiger partial charge in [-0.25, -0.2) is 4.98 Å². The second kappa shape index (κ2) is 3.97. The van der Waals surface area contributed by atoms with Crippen molar-refractivity contribution in [2.45, 2.75) is 13.3 Å². The molecule has 2 aromatic rings. The number of rotatable bonds is 3. The lowest BCUT2D eigenvalue weighted by atomic mass is 10.1. The normalized spacial score (nSPS) is 10.6. The molecule has 0 aliphatic heterocycles. The highest BCUT2D eigenvalue weighted by atomic mass is 32.1. The van der Waals surface area contributed by atoms with E-state index in [1.807, 2.05) is 0 Å². The van der Waals surface area contributed by atoms with E-state index in [9.17, 15) is 14.9 Å². The highest BCUT2D eigenvalue weighted by molar-refractivity contribution is 7.16. The standard InChI is InChI=1S/C10H8N2O3S/c1-6(13)4-7-2-3-8-9(11-5-16-8)10(7)12(14)15/h2-3,5H,4H2,1H3. The highest BCUT2D eigenvalue weighted by Crippen LogP contribution is 2.31. The minimum Gasteiger partial charge on any atom is -0.300 e. The lowest BCUT2D eigenvalue weighted by molar-refractivity contribution is -0.383. The van der Waals surface area contributed by atoms with Gasteiger partial charge in [-0.3, -0.25) is 14.9 Å². The first kappa shape index (κ1) is 10.7. The summed E-state index contributed by atoms with van der Waals surface area (Å²) in [4.78, 5) is 25.5. The van der Waals surface area contributed by atoms with Crippen LogP contribution in [0.3, 0.4) is 0 Å². The minimum atomic E-state index is -0.472. The molecular weight excluding hydrogens is 228 g/mol. The lowest BCUT2D eigenvalue weighted by Gasteiger charge is -2.00. The van der Waals surface area contributed by atoms with E-state index in [2.05, 4.69) is 4.98 Å². The van der Waals surface area contributed by atoms with E-state index in [0.717, 1.165) is 4.70 Å². The molecule has 2 rings (SSSR count). The van der Waals surface area contributed by atoms with Crippen molar-refractivity contribution < 1.29 is 9.72 Å². The molecule has 0 radical (unpaired) electrons. The molecule has 0 spiro atoms. The number of benzene rings is 1. The number of carbonyl (C=O) groups excluding carboxylic acids is 1.